The molecule has 1 heterocycles. The molecule has 1 aliphatic heterocycles. The lowest BCUT2D eigenvalue weighted by atomic mass is 9.97. The molecular weight excluding hydrogens is 196 g/mol. The monoisotopic (exact) mass is 214 g/mol. The van der Waals surface area contributed by atoms with Gasteiger partial charge in [0.1, 0.15) is 0 Å². The molecule has 80 valence electrons. The summed E-state index contributed by atoms with van der Waals surface area (Å²) in [6, 6.07) is 2.20. The molecule has 3 nitrogen and oxygen atoms in total. The summed E-state index contributed by atoms with van der Waals surface area (Å²) in [7, 11) is -0.859. The Bertz CT molecular complexity index is 247. The van der Waals surface area contributed by atoms with E-state index in [1.165, 1.54) is 0 Å². The zero-order valence-electron chi connectivity index (χ0n) is 8.90. The van der Waals surface area contributed by atoms with Crippen molar-refractivity contribution in [3.8, 4) is 6.07 Å². The number of piperidine rings is 1. The summed E-state index contributed by atoms with van der Waals surface area (Å²) >= 11 is 0. The van der Waals surface area contributed by atoms with Crippen molar-refractivity contribution >= 4 is 11.0 Å². The molecule has 1 fully saturated rings. The van der Waals surface area contributed by atoms with Gasteiger partial charge in [-0.25, -0.2) is 8.51 Å². The minimum atomic E-state index is -0.859. The van der Waals surface area contributed by atoms with E-state index in [4.69, 9.17) is 5.26 Å². The molecule has 2 unspecified atom stereocenters. The van der Waals surface area contributed by atoms with Crippen LogP contribution in [-0.2, 0) is 11.0 Å². The second-order valence-corrected chi connectivity index (χ2v) is 6.09. The van der Waals surface area contributed by atoms with Crippen molar-refractivity contribution in [2.24, 2.45) is 5.92 Å². The average Bonchev–Trinajstić information content (AvgIpc) is 2.17. The first-order chi connectivity index (χ1) is 6.65. The molecule has 1 aliphatic rings. The van der Waals surface area contributed by atoms with E-state index in [1.807, 2.05) is 18.2 Å². The van der Waals surface area contributed by atoms with E-state index in [0.29, 0.717) is 12.3 Å². The van der Waals surface area contributed by atoms with Crippen molar-refractivity contribution in [1.29, 1.82) is 5.26 Å². The third-order valence-corrected chi connectivity index (χ3v) is 4.17. The first kappa shape index (κ1) is 11.7. The fourth-order valence-electron chi connectivity index (χ4n) is 1.78. The highest BCUT2D eigenvalue weighted by atomic mass is 32.2. The van der Waals surface area contributed by atoms with Crippen LogP contribution in [0.15, 0.2) is 0 Å². The van der Waals surface area contributed by atoms with Gasteiger partial charge in [-0.15, -0.1) is 0 Å². The van der Waals surface area contributed by atoms with Gasteiger partial charge in [0.25, 0.3) is 0 Å². The molecule has 4 heteroatoms. The predicted molar refractivity (Wildman–Crippen MR) is 57.8 cm³/mol. The lowest BCUT2D eigenvalue weighted by molar-refractivity contribution is 0.278. The number of hydrogen-bond acceptors (Lipinski definition) is 2. The van der Waals surface area contributed by atoms with Crippen LogP contribution in [0, 0.1) is 17.2 Å². The topological polar surface area (TPSA) is 44.1 Å². The second kappa shape index (κ2) is 5.47. The number of nitrogens with zero attached hydrogens (tertiary/aromatic N) is 2. The van der Waals surface area contributed by atoms with E-state index in [0.717, 1.165) is 25.9 Å². The van der Waals surface area contributed by atoms with Gasteiger partial charge in [-0.2, -0.15) is 5.26 Å². The van der Waals surface area contributed by atoms with Gasteiger partial charge in [-0.1, -0.05) is 0 Å². The summed E-state index contributed by atoms with van der Waals surface area (Å²) in [6.45, 7) is 5.71. The predicted octanol–water partition coefficient (Wildman–Crippen LogP) is 1.68. The molecule has 0 saturated carbocycles. The van der Waals surface area contributed by atoms with Gasteiger partial charge < -0.3 is 0 Å². The van der Waals surface area contributed by atoms with Crippen LogP contribution in [0.1, 0.15) is 33.1 Å². The Morgan fingerprint density at radius 1 is 1.64 bits per heavy atom. The van der Waals surface area contributed by atoms with Crippen molar-refractivity contribution in [2.45, 2.75) is 38.4 Å². The second-order valence-electron chi connectivity index (χ2n) is 4.08. The average molecular weight is 214 g/mol. The van der Waals surface area contributed by atoms with E-state index in [2.05, 4.69) is 6.07 Å². The molecule has 0 amide bonds. The molecule has 2 atom stereocenters. The molecule has 1 rings (SSSR count). The highest BCUT2D eigenvalue weighted by molar-refractivity contribution is 7.83. The van der Waals surface area contributed by atoms with Gasteiger partial charge in [-0.3, -0.25) is 0 Å². The SMILES string of the molecule is CC(C)S(=O)N1CCCC(CC#N)C1. The van der Waals surface area contributed by atoms with Crippen molar-refractivity contribution in [3.05, 3.63) is 0 Å². The molecule has 1 saturated heterocycles. The number of hydrogen-bond donors (Lipinski definition) is 0. The summed E-state index contributed by atoms with van der Waals surface area (Å²) in [5.41, 5.74) is 0. The summed E-state index contributed by atoms with van der Waals surface area (Å²) in [5.74, 6) is 0.427. The zero-order chi connectivity index (χ0) is 10.6. The smallest absolute Gasteiger partial charge is 0.0968 e. The van der Waals surface area contributed by atoms with Crippen molar-refractivity contribution in [3.63, 3.8) is 0 Å². The highest BCUT2D eigenvalue weighted by Gasteiger charge is 2.24. The van der Waals surface area contributed by atoms with E-state index >= 15 is 0 Å². The van der Waals surface area contributed by atoms with E-state index in [9.17, 15) is 4.21 Å². The van der Waals surface area contributed by atoms with Crippen LogP contribution < -0.4 is 0 Å². The Kier molecular flexibility index (Phi) is 4.56. The van der Waals surface area contributed by atoms with Crippen LogP contribution in [-0.4, -0.2) is 26.9 Å². The summed E-state index contributed by atoms with van der Waals surface area (Å²) in [4.78, 5) is 0. The van der Waals surface area contributed by atoms with Crippen LogP contribution in [0.4, 0.5) is 0 Å². The van der Waals surface area contributed by atoms with Gasteiger partial charge >= 0.3 is 0 Å². The molecule has 14 heavy (non-hydrogen) atoms. The Hall–Kier alpha value is -0.400. The molecule has 0 spiro atoms. The van der Waals surface area contributed by atoms with Crippen LogP contribution >= 0.6 is 0 Å². The Morgan fingerprint density at radius 3 is 2.93 bits per heavy atom. The molecule has 0 aromatic rings. The fourth-order valence-corrected chi connectivity index (χ4v) is 3.05. The van der Waals surface area contributed by atoms with Crippen LogP contribution in [0.5, 0.6) is 0 Å². The van der Waals surface area contributed by atoms with Crippen LogP contribution in [0.2, 0.25) is 0 Å². The van der Waals surface area contributed by atoms with Crippen molar-refractivity contribution in [2.75, 3.05) is 13.1 Å². The summed E-state index contributed by atoms with van der Waals surface area (Å²) in [5, 5.41) is 8.80. The molecule has 0 radical (unpaired) electrons. The quantitative estimate of drug-likeness (QED) is 0.717. The molecular formula is C10H18N2OS. The van der Waals surface area contributed by atoms with Crippen LogP contribution in [0.3, 0.4) is 0 Å². The third-order valence-electron chi connectivity index (χ3n) is 2.52. The Morgan fingerprint density at radius 2 is 2.36 bits per heavy atom. The third kappa shape index (κ3) is 3.07. The molecule has 0 bridgehead atoms. The van der Waals surface area contributed by atoms with Gasteiger partial charge in [0, 0.05) is 24.8 Å². The van der Waals surface area contributed by atoms with Gasteiger partial charge in [0.2, 0.25) is 0 Å². The maximum atomic E-state index is 11.8. The van der Waals surface area contributed by atoms with E-state index < -0.39 is 11.0 Å². The highest BCUT2D eigenvalue weighted by Crippen LogP contribution is 2.21. The Balaban J connectivity index is 2.48. The summed E-state index contributed by atoms with van der Waals surface area (Å²) in [6.07, 6.45) is 2.79. The maximum absolute atomic E-state index is 11.8. The first-order valence-electron chi connectivity index (χ1n) is 5.17. The lowest BCUT2D eigenvalue weighted by Crippen LogP contribution is -2.39. The zero-order valence-corrected chi connectivity index (χ0v) is 9.72. The largest absolute Gasteiger partial charge is 0.242 e. The van der Waals surface area contributed by atoms with E-state index in [1.54, 1.807) is 0 Å². The first-order valence-corrected chi connectivity index (χ1v) is 6.34. The van der Waals surface area contributed by atoms with Gasteiger partial charge in [0.05, 0.1) is 17.1 Å². The number of rotatable bonds is 3. The normalized spacial score (nSPS) is 26.0. The lowest BCUT2D eigenvalue weighted by Gasteiger charge is -2.31. The molecule has 0 aromatic carbocycles. The van der Waals surface area contributed by atoms with Gasteiger partial charge in [-0.05, 0) is 32.6 Å². The molecule has 0 N–H and O–H groups in total. The van der Waals surface area contributed by atoms with Crippen molar-refractivity contribution < 1.29 is 4.21 Å². The van der Waals surface area contributed by atoms with E-state index in [-0.39, 0.29) is 5.25 Å². The molecule has 0 aliphatic carbocycles. The van der Waals surface area contributed by atoms with Gasteiger partial charge in [0.15, 0.2) is 0 Å². The maximum Gasteiger partial charge on any atom is 0.0968 e. The van der Waals surface area contributed by atoms with Crippen LogP contribution in [0.25, 0.3) is 0 Å². The van der Waals surface area contributed by atoms with Crippen molar-refractivity contribution in [1.82, 2.24) is 4.31 Å². The summed E-state index contributed by atoms with van der Waals surface area (Å²) < 4.78 is 13.8. The minimum Gasteiger partial charge on any atom is -0.242 e. The Labute approximate surface area is 88.7 Å². The number of nitriles is 1. The fraction of sp³-hybridized carbons (Fsp3) is 0.900. The standard InChI is InChI=1S/C10H18N2OS/c1-9(2)14(13)12-7-3-4-10(8-12)5-6-11/h9-10H,3-5,7-8H2,1-2H3. The minimum absolute atomic E-state index is 0.191. The molecule has 0 aromatic heterocycles.